The first-order valence-corrected chi connectivity index (χ1v) is 8.78. The predicted octanol–water partition coefficient (Wildman–Crippen LogP) is 0.827. The summed E-state index contributed by atoms with van der Waals surface area (Å²) in [5, 5.41) is 3.04. The van der Waals surface area contributed by atoms with Crippen LogP contribution in [-0.4, -0.2) is 65.4 Å². The Morgan fingerprint density at radius 2 is 1.96 bits per heavy atom. The zero-order valence-electron chi connectivity index (χ0n) is 14.3. The summed E-state index contributed by atoms with van der Waals surface area (Å²) in [5.74, 6) is 0.310. The summed E-state index contributed by atoms with van der Waals surface area (Å²) < 4.78 is 0. The molecule has 2 aliphatic rings. The number of likely N-dealkylation sites (tertiary alicyclic amines) is 1. The fourth-order valence-corrected chi connectivity index (χ4v) is 3.76. The molecule has 0 radical (unpaired) electrons. The van der Waals surface area contributed by atoms with Crippen LogP contribution >= 0.6 is 0 Å². The van der Waals surface area contributed by atoms with E-state index < -0.39 is 5.54 Å². The molecular formula is C18H26N4O2. The Hall–Kier alpha value is -1.95. The number of rotatable bonds is 3. The summed E-state index contributed by atoms with van der Waals surface area (Å²) in [7, 11) is 2.03. The van der Waals surface area contributed by atoms with Crippen molar-refractivity contribution in [2.45, 2.75) is 37.6 Å². The zero-order valence-corrected chi connectivity index (χ0v) is 14.3. The van der Waals surface area contributed by atoms with Crippen LogP contribution in [-0.2, 0) is 16.0 Å². The first-order valence-electron chi connectivity index (χ1n) is 8.78. The molecule has 130 valence electrons. The van der Waals surface area contributed by atoms with E-state index >= 15 is 0 Å². The van der Waals surface area contributed by atoms with Crippen molar-refractivity contribution in [2.75, 3.05) is 33.2 Å². The number of nitrogens with zero attached hydrogens (tertiary/aromatic N) is 3. The smallest absolute Gasteiger partial charge is 0.240 e. The van der Waals surface area contributed by atoms with Crippen LogP contribution in [0.25, 0.3) is 0 Å². The summed E-state index contributed by atoms with van der Waals surface area (Å²) in [5.41, 5.74) is 0.702. The quantitative estimate of drug-likeness (QED) is 0.891. The molecule has 0 bridgehead atoms. The topological polar surface area (TPSA) is 65.5 Å². The molecule has 0 aromatic carbocycles. The molecule has 6 heteroatoms. The Kier molecular flexibility index (Phi) is 5.14. The number of hydrogen-bond acceptors (Lipinski definition) is 4. The fraction of sp³-hybridized carbons (Fsp3) is 0.611. The first kappa shape index (κ1) is 16.9. The van der Waals surface area contributed by atoms with Crippen LogP contribution in [0.1, 0.15) is 31.2 Å². The molecule has 3 rings (SSSR count). The molecule has 1 spiro atoms. The number of likely N-dealkylation sites (N-methyl/N-ethyl adjacent to an activating group) is 1. The molecule has 2 saturated heterocycles. The van der Waals surface area contributed by atoms with Gasteiger partial charge in [0.05, 0.1) is 0 Å². The van der Waals surface area contributed by atoms with Crippen LogP contribution in [0.5, 0.6) is 0 Å². The molecule has 3 heterocycles. The van der Waals surface area contributed by atoms with Crippen molar-refractivity contribution in [1.29, 1.82) is 0 Å². The number of aryl methyl sites for hydroxylation is 1. The van der Waals surface area contributed by atoms with Gasteiger partial charge in [-0.05, 0) is 50.4 Å². The molecule has 6 nitrogen and oxygen atoms in total. The lowest BCUT2D eigenvalue weighted by atomic mass is 9.85. The maximum Gasteiger partial charge on any atom is 0.240 e. The number of hydrogen-bond donors (Lipinski definition) is 1. The Labute approximate surface area is 143 Å². The maximum atomic E-state index is 12.5. The van der Waals surface area contributed by atoms with Gasteiger partial charge in [0.1, 0.15) is 5.54 Å². The number of piperidine rings is 1. The number of carbonyl (C=O) groups excluding carboxylic acids is 2. The number of carbonyl (C=O) groups is 2. The zero-order chi connectivity index (χ0) is 17.0. The van der Waals surface area contributed by atoms with Crippen molar-refractivity contribution in [3.05, 3.63) is 30.1 Å². The third-order valence-electron chi connectivity index (χ3n) is 5.43. The normalized spacial score (nSPS) is 21.4. The van der Waals surface area contributed by atoms with Gasteiger partial charge >= 0.3 is 0 Å². The van der Waals surface area contributed by atoms with Crippen molar-refractivity contribution in [2.24, 2.45) is 0 Å². The minimum atomic E-state index is -0.432. The molecule has 2 aliphatic heterocycles. The molecule has 1 aromatic heterocycles. The third kappa shape index (κ3) is 3.43. The van der Waals surface area contributed by atoms with Gasteiger partial charge < -0.3 is 10.2 Å². The highest BCUT2D eigenvalue weighted by Crippen LogP contribution is 2.30. The summed E-state index contributed by atoms with van der Waals surface area (Å²) in [4.78, 5) is 33.1. The molecule has 0 saturated carbocycles. The van der Waals surface area contributed by atoms with Gasteiger partial charge in [-0.15, -0.1) is 0 Å². The van der Waals surface area contributed by atoms with Crippen molar-refractivity contribution in [3.63, 3.8) is 0 Å². The lowest BCUT2D eigenvalue weighted by Gasteiger charge is -2.45. The van der Waals surface area contributed by atoms with E-state index in [0.29, 0.717) is 19.5 Å². The van der Waals surface area contributed by atoms with Crippen LogP contribution in [0.2, 0.25) is 0 Å². The Morgan fingerprint density at radius 1 is 1.25 bits per heavy atom. The lowest BCUT2D eigenvalue weighted by molar-refractivity contribution is -0.141. The van der Waals surface area contributed by atoms with Crippen LogP contribution < -0.4 is 5.32 Å². The highest BCUT2D eigenvalue weighted by Gasteiger charge is 2.45. The lowest BCUT2D eigenvalue weighted by Crippen LogP contribution is -2.61. The molecule has 1 N–H and O–H groups in total. The van der Waals surface area contributed by atoms with Crippen molar-refractivity contribution in [3.8, 4) is 0 Å². The fourth-order valence-electron chi connectivity index (χ4n) is 3.76. The second-order valence-corrected chi connectivity index (χ2v) is 6.80. The van der Waals surface area contributed by atoms with E-state index in [4.69, 9.17) is 0 Å². The number of nitrogens with one attached hydrogen (secondary N) is 1. The number of aromatic nitrogens is 1. The standard InChI is InChI=1S/C18H26N4O2/c1-21-12-2-9-20-17(24)18(21)7-13-22(14-8-18)16(23)4-3-15-5-10-19-11-6-15/h5-6,10-11H,2-4,7-9,12-14H2,1H3,(H,20,24). The van der Waals surface area contributed by atoms with Gasteiger partial charge in [-0.2, -0.15) is 0 Å². The molecule has 2 fully saturated rings. The van der Waals surface area contributed by atoms with Gasteiger partial charge in [-0.1, -0.05) is 0 Å². The second-order valence-electron chi connectivity index (χ2n) is 6.80. The van der Waals surface area contributed by atoms with E-state index in [1.807, 2.05) is 24.1 Å². The van der Waals surface area contributed by atoms with Crippen molar-refractivity contribution >= 4 is 11.8 Å². The third-order valence-corrected chi connectivity index (χ3v) is 5.43. The van der Waals surface area contributed by atoms with Gasteiger partial charge in [0, 0.05) is 45.0 Å². The molecule has 2 amide bonds. The van der Waals surface area contributed by atoms with Gasteiger partial charge in [0.2, 0.25) is 11.8 Å². The van der Waals surface area contributed by atoms with E-state index in [-0.39, 0.29) is 11.8 Å². The van der Waals surface area contributed by atoms with E-state index in [1.54, 1.807) is 12.4 Å². The van der Waals surface area contributed by atoms with E-state index in [1.165, 1.54) is 0 Å². The predicted molar refractivity (Wildman–Crippen MR) is 91.4 cm³/mol. The van der Waals surface area contributed by atoms with E-state index in [9.17, 15) is 9.59 Å². The van der Waals surface area contributed by atoms with Crippen LogP contribution in [0.3, 0.4) is 0 Å². The summed E-state index contributed by atoms with van der Waals surface area (Å²) >= 11 is 0. The monoisotopic (exact) mass is 330 g/mol. The largest absolute Gasteiger partial charge is 0.354 e. The van der Waals surface area contributed by atoms with Crippen LogP contribution in [0.4, 0.5) is 0 Å². The second kappa shape index (κ2) is 7.30. The molecule has 0 unspecified atom stereocenters. The van der Waals surface area contributed by atoms with Gasteiger partial charge in [-0.3, -0.25) is 19.5 Å². The van der Waals surface area contributed by atoms with E-state index in [0.717, 1.165) is 44.3 Å². The average molecular weight is 330 g/mol. The Balaban J connectivity index is 1.56. The maximum absolute atomic E-state index is 12.5. The van der Waals surface area contributed by atoms with Crippen molar-refractivity contribution in [1.82, 2.24) is 20.1 Å². The minimum absolute atomic E-state index is 0.131. The summed E-state index contributed by atoms with van der Waals surface area (Å²) in [6, 6.07) is 3.90. The van der Waals surface area contributed by atoms with Gasteiger partial charge in [0.25, 0.3) is 0 Å². The first-order chi connectivity index (χ1) is 11.6. The average Bonchev–Trinajstić information content (AvgIpc) is 2.75. The highest BCUT2D eigenvalue weighted by atomic mass is 16.2. The number of amides is 2. The summed E-state index contributed by atoms with van der Waals surface area (Å²) in [6.45, 7) is 2.99. The molecule has 0 atom stereocenters. The number of pyridine rings is 1. The summed E-state index contributed by atoms with van der Waals surface area (Å²) in [6.07, 6.45) is 7.18. The molecule has 24 heavy (non-hydrogen) atoms. The van der Waals surface area contributed by atoms with Crippen LogP contribution in [0.15, 0.2) is 24.5 Å². The van der Waals surface area contributed by atoms with Gasteiger partial charge in [-0.25, -0.2) is 0 Å². The van der Waals surface area contributed by atoms with Gasteiger partial charge in [0.15, 0.2) is 0 Å². The molecule has 0 aliphatic carbocycles. The molecule has 1 aromatic rings. The van der Waals surface area contributed by atoms with Crippen LogP contribution in [0, 0.1) is 0 Å². The SMILES string of the molecule is CN1CCCNC(=O)C12CCN(C(=O)CCc1ccncc1)CC2. The molecular weight excluding hydrogens is 304 g/mol. The van der Waals surface area contributed by atoms with E-state index in [2.05, 4.69) is 15.2 Å². The minimum Gasteiger partial charge on any atom is -0.354 e. The Morgan fingerprint density at radius 3 is 2.67 bits per heavy atom. The Bertz CT molecular complexity index is 582. The highest BCUT2D eigenvalue weighted by molar-refractivity contribution is 5.87. The van der Waals surface area contributed by atoms with Crippen molar-refractivity contribution < 1.29 is 9.59 Å².